The van der Waals surface area contributed by atoms with Gasteiger partial charge in [0, 0.05) is 24.4 Å². The number of halogens is 3. The third kappa shape index (κ3) is 10.7. The maximum Gasteiger partial charge on any atom is 0.315 e. The number of ketones is 2. The first kappa shape index (κ1) is 37.9. The molecule has 1 saturated heterocycles. The largest absolute Gasteiger partial charge is 0.363 e. The summed E-state index contributed by atoms with van der Waals surface area (Å²) in [6, 6.07) is -1.97. The number of amides is 4. The molecule has 2 aliphatic carbocycles. The van der Waals surface area contributed by atoms with Gasteiger partial charge in [0.2, 0.25) is 11.7 Å². The van der Waals surface area contributed by atoms with Gasteiger partial charge in [0.25, 0.3) is 5.91 Å². The average molecular weight is 926 g/mol. The highest BCUT2D eigenvalue weighted by Crippen LogP contribution is 2.65. The zero-order valence-corrected chi connectivity index (χ0v) is 32.9. The van der Waals surface area contributed by atoms with Crippen LogP contribution < -0.4 is 16.4 Å². The molecular weight excluding hydrogens is 877 g/mol. The second-order valence-electron chi connectivity index (χ2n) is 14.8. The van der Waals surface area contributed by atoms with Gasteiger partial charge in [-0.15, -0.1) is 0 Å². The Hall–Kier alpha value is -0.260. The third-order valence-electron chi connectivity index (χ3n) is 8.48. The van der Waals surface area contributed by atoms with Crippen molar-refractivity contribution in [1.82, 2.24) is 15.5 Å². The highest BCUT2D eigenvalue weighted by atomic mass is 127. The van der Waals surface area contributed by atoms with E-state index in [0.717, 1.165) is 12.8 Å². The van der Waals surface area contributed by atoms with Crippen molar-refractivity contribution in [2.24, 2.45) is 40.2 Å². The van der Waals surface area contributed by atoms with Gasteiger partial charge >= 0.3 is 6.03 Å². The van der Waals surface area contributed by atoms with Crippen molar-refractivity contribution in [3.63, 3.8) is 0 Å². The molecule has 5 atom stereocenters. The molecule has 4 unspecified atom stereocenters. The molecule has 1 aliphatic heterocycles. The van der Waals surface area contributed by atoms with Crippen LogP contribution in [0.25, 0.3) is 0 Å². The first-order chi connectivity index (χ1) is 18.9. The Morgan fingerprint density at radius 1 is 1.00 bits per heavy atom. The number of fused-ring (bicyclic) bond motifs is 1. The number of rotatable bonds is 10. The number of Topliss-reactive ketones (excluding diaryl/α,β-unsaturated/α-hetero) is 2. The highest BCUT2D eigenvalue weighted by molar-refractivity contribution is 14.3. The van der Waals surface area contributed by atoms with E-state index in [9.17, 15) is 24.0 Å². The number of carbonyl (C=O) groups is 5. The van der Waals surface area contributed by atoms with Crippen molar-refractivity contribution in [2.45, 2.75) is 111 Å². The monoisotopic (exact) mass is 926 g/mol. The summed E-state index contributed by atoms with van der Waals surface area (Å²) in [5.41, 5.74) is 4.12. The number of hydrogen-bond acceptors (Lipinski definition) is 5. The fourth-order valence-electron chi connectivity index (χ4n) is 5.81. The van der Waals surface area contributed by atoms with Crippen LogP contribution in [0, 0.1) is 34.5 Å². The minimum Gasteiger partial charge on any atom is -0.363 e. The van der Waals surface area contributed by atoms with Crippen LogP contribution in [0.15, 0.2) is 0 Å². The van der Waals surface area contributed by atoms with Crippen LogP contribution >= 0.6 is 67.8 Å². The van der Waals surface area contributed by atoms with Crippen LogP contribution in [0.4, 0.5) is 4.79 Å². The van der Waals surface area contributed by atoms with Gasteiger partial charge in [-0.1, -0.05) is 122 Å². The summed E-state index contributed by atoms with van der Waals surface area (Å²) in [5.74, 6) is -2.45. The lowest BCUT2D eigenvalue weighted by molar-refractivity contribution is -0.144. The molecule has 9 nitrogen and oxygen atoms in total. The Balaban J connectivity index is 0.000000928. The SMILES string of the molecule is CC(C)(C)NC(=O)NC(C(=O)N1CC2[C@@H](C1C(=O)CC(CC1CC1)C(=O)C(N)=O)C2(C)C)C(C)(C)C.CCC(I)(I)I. The van der Waals surface area contributed by atoms with Crippen molar-refractivity contribution >= 4 is 97.2 Å². The number of hydrogen-bond donors (Lipinski definition) is 3. The second kappa shape index (κ2) is 14.0. The first-order valence-corrected chi connectivity index (χ1v) is 18.0. The van der Waals surface area contributed by atoms with Gasteiger partial charge in [-0.2, -0.15) is 0 Å². The van der Waals surface area contributed by atoms with Crippen LogP contribution in [0.2, 0.25) is 0 Å². The van der Waals surface area contributed by atoms with E-state index in [4.69, 9.17) is 5.73 Å². The quantitative estimate of drug-likeness (QED) is 0.145. The minimum absolute atomic E-state index is 0.0109. The summed E-state index contributed by atoms with van der Waals surface area (Å²) < 4.78 is 0.452. The predicted molar refractivity (Wildman–Crippen MR) is 191 cm³/mol. The van der Waals surface area contributed by atoms with Gasteiger partial charge in [-0.05, 0) is 62.2 Å². The van der Waals surface area contributed by atoms with E-state index in [1.165, 1.54) is 6.42 Å². The molecule has 0 spiro atoms. The Kier molecular flexibility index (Phi) is 12.7. The van der Waals surface area contributed by atoms with Gasteiger partial charge in [0.1, 0.15) is 5.48 Å². The lowest BCUT2D eigenvalue weighted by Gasteiger charge is -2.38. The molecule has 4 N–H and O–H groups in total. The molecule has 0 aromatic heterocycles. The molecule has 3 rings (SSSR count). The van der Waals surface area contributed by atoms with Crippen molar-refractivity contribution < 1.29 is 24.0 Å². The first-order valence-electron chi connectivity index (χ1n) is 14.7. The normalized spacial score (nSPS) is 24.4. The second-order valence-corrected chi connectivity index (χ2v) is 26.5. The van der Waals surface area contributed by atoms with Crippen molar-refractivity contribution in [1.29, 1.82) is 0 Å². The molecule has 12 heteroatoms. The van der Waals surface area contributed by atoms with Crippen LogP contribution in [0.3, 0.4) is 0 Å². The number of likely N-dealkylation sites (tertiary alicyclic amines) is 1. The van der Waals surface area contributed by atoms with E-state index >= 15 is 0 Å². The highest BCUT2D eigenvalue weighted by Gasteiger charge is 2.69. The van der Waals surface area contributed by atoms with Crippen molar-refractivity contribution in [3.8, 4) is 0 Å². The molecule has 3 fully saturated rings. The van der Waals surface area contributed by atoms with E-state index in [1.54, 1.807) is 4.90 Å². The molecule has 42 heavy (non-hydrogen) atoms. The number of piperidine rings is 1. The van der Waals surface area contributed by atoms with Gasteiger partial charge in [0.15, 0.2) is 5.78 Å². The summed E-state index contributed by atoms with van der Waals surface area (Å²) in [4.78, 5) is 66.0. The fourth-order valence-corrected chi connectivity index (χ4v) is 5.81. The Bertz CT molecular complexity index is 1060. The standard InChI is InChI=1S/C27H44N4O5.C3H5I3/c1-25(2,3)21(29-24(36)30-26(4,5)6)23(35)31-13-16-18(27(16,7)8)19(31)17(32)12-15(11-14-9-10-14)20(33)22(28)34;1-2-3(4,5)6/h14-16,18-19,21H,9-13H2,1-8H3,(H2,28,34)(H2,29,30,36);2H2,1H3/t15?,16?,18-,19?,21?;/m0./s1. The number of nitrogens with zero attached hydrogens (tertiary/aromatic N) is 1. The molecule has 4 amide bonds. The number of nitrogens with one attached hydrogen (secondary N) is 2. The predicted octanol–water partition coefficient (Wildman–Crippen LogP) is 5.77. The van der Waals surface area contributed by atoms with Crippen LogP contribution in [-0.2, 0) is 19.2 Å². The van der Waals surface area contributed by atoms with Gasteiger partial charge < -0.3 is 21.3 Å². The lowest BCUT2D eigenvalue weighted by Crippen LogP contribution is -2.60. The molecule has 3 aliphatic rings. The van der Waals surface area contributed by atoms with Crippen molar-refractivity contribution in [2.75, 3.05) is 6.54 Å². The number of alkyl halides is 3. The van der Waals surface area contributed by atoms with Gasteiger partial charge in [-0.3, -0.25) is 19.2 Å². The summed E-state index contributed by atoms with van der Waals surface area (Å²) in [6.45, 7) is 18.0. The molecule has 240 valence electrons. The summed E-state index contributed by atoms with van der Waals surface area (Å²) in [6.07, 6.45) is 3.58. The summed E-state index contributed by atoms with van der Waals surface area (Å²) in [5, 5.41) is 5.68. The topological polar surface area (TPSA) is 139 Å². The van der Waals surface area contributed by atoms with Gasteiger partial charge in [0.05, 0.1) is 6.04 Å². The molecule has 0 radical (unpaired) electrons. The molecule has 0 aromatic rings. The summed E-state index contributed by atoms with van der Waals surface area (Å²) in [7, 11) is 0. The zero-order valence-electron chi connectivity index (χ0n) is 26.4. The lowest BCUT2D eigenvalue weighted by atomic mass is 9.84. The van der Waals surface area contributed by atoms with Crippen LogP contribution in [0.1, 0.15) is 94.4 Å². The third-order valence-corrected chi connectivity index (χ3v) is 10.8. The number of nitrogens with two attached hydrogens (primary N) is 1. The number of carbonyl (C=O) groups excluding carboxylic acids is 5. The molecule has 0 bridgehead atoms. The molecular formula is C30H49I3N4O5. The Morgan fingerprint density at radius 3 is 1.93 bits per heavy atom. The van der Waals surface area contributed by atoms with E-state index in [-0.39, 0.29) is 35.4 Å². The maximum atomic E-state index is 13.9. The van der Waals surface area contributed by atoms with E-state index in [0.29, 0.717) is 18.3 Å². The van der Waals surface area contributed by atoms with Crippen molar-refractivity contribution in [3.05, 3.63) is 0 Å². The van der Waals surface area contributed by atoms with E-state index < -0.39 is 46.7 Å². The maximum absolute atomic E-state index is 13.9. The Morgan fingerprint density at radius 2 is 1.52 bits per heavy atom. The minimum atomic E-state index is -1.01. The zero-order chi connectivity index (χ0) is 32.6. The average Bonchev–Trinajstić information content (AvgIpc) is 3.66. The smallest absolute Gasteiger partial charge is 0.315 e. The Labute approximate surface area is 292 Å². The number of primary amides is 1. The van der Waals surface area contributed by atoms with Crippen LogP contribution in [0.5, 0.6) is 0 Å². The van der Waals surface area contributed by atoms with E-state index in [1.807, 2.05) is 41.5 Å². The van der Waals surface area contributed by atoms with Gasteiger partial charge in [-0.25, -0.2) is 4.79 Å². The number of urea groups is 1. The summed E-state index contributed by atoms with van der Waals surface area (Å²) >= 11 is 7.24. The molecule has 2 saturated carbocycles. The fraction of sp³-hybridized carbons (Fsp3) is 0.833. The van der Waals surface area contributed by atoms with Crippen LogP contribution in [-0.4, -0.2) is 57.9 Å². The molecule has 1 heterocycles. The molecule has 0 aromatic carbocycles. The van der Waals surface area contributed by atoms with E-state index in [2.05, 4.69) is 99.2 Å².